The number of rotatable bonds is 6. The minimum absolute atomic E-state index is 0.0984. The number of nitrogens with one attached hydrogen (secondary N) is 1. The highest BCUT2D eigenvalue weighted by Gasteiger charge is 2.14. The number of sulfonamides is 1. The summed E-state index contributed by atoms with van der Waals surface area (Å²) in [6.45, 7) is 0.0984. The summed E-state index contributed by atoms with van der Waals surface area (Å²) < 4.78 is 39.7. The molecule has 0 aromatic heterocycles. The van der Waals surface area contributed by atoms with E-state index >= 15 is 0 Å². The summed E-state index contributed by atoms with van der Waals surface area (Å²) in [5.41, 5.74) is 1.13. The molecule has 0 radical (unpaired) electrons. The first kappa shape index (κ1) is 15.5. The molecule has 0 amide bonds. The molecule has 21 heavy (non-hydrogen) atoms. The third kappa shape index (κ3) is 4.27. The molecule has 0 atom stereocenters. The number of halogens is 1. The fourth-order valence-corrected chi connectivity index (χ4v) is 2.93. The van der Waals surface area contributed by atoms with Crippen LogP contribution in [-0.2, 0) is 16.4 Å². The zero-order valence-corrected chi connectivity index (χ0v) is 12.1. The maximum atomic E-state index is 13.1. The van der Waals surface area contributed by atoms with Gasteiger partial charge in [-0.15, -0.1) is 0 Å². The molecule has 2 aromatic rings. The average molecular weight is 309 g/mol. The molecule has 0 bridgehead atoms. The van der Waals surface area contributed by atoms with E-state index < -0.39 is 15.8 Å². The highest BCUT2D eigenvalue weighted by atomic mass is 32.2. The van der Waals surface area contributed by atoms with Crippen LogP contribution in [0.1, 0.15) is 12.0 Å². The summed E-state index contributed by atoms with van der Waals surface area (Å²) >= 11 is 0. The molecule has 6 heteroatoms. The molecule has 2 aromatic carbocycles. The van der Waals surface area contributed by atoms with Gasteiger partial charge in [0.2, 0.25) is 0 Å². The second-order valence-electron chi connectivity index (χ2n) is 4.59. The summed E-state index contributed by atoms with van der Waals surface area (Å²) in [5.74, 6) is -0.505. The molecule has 4 nitrogen and oxygen atoms in total. The summed E-state index contributed by atoms with van der Waals surface area (Å²) in [7, 11) is -3.73. The Balaban J connectivity index is 2.15. The monoisotopic (exact) mass is 309 g/mol. The van der Waals surface area contributed by atoms with Crippen LogP contribution in [0.15, 0.2) is 53.4 Å². The molecule has 112 valence electrons. The number of hydrogen-bond donors (Lipinski definition) is 2. The second kappa shape index (κ2) is 6.69. The molecule has 0 saturated heterocycles. The first-order chi connectivity index (χ1) is 10.0. The predicted octanol–water partition coefficient (Wildman–Crippen LogP) is 2.55. The van der Waals surface area contributed by atoms with Crippen LogP contribution in [0.25, 0.3) is 0 Å². The van der Waals surface area contributed by atoms with E-state index in [4.69, 9.17) is 5.11 Å². The van der Waals surface area contributed by atoms with Crippen LogP contribution in [0.4, 0.5) is 10.1 Å². The highest BCUT2D eigenvalue weighted by molar-refractivity contribution is 7.92. The van der Waals surface area contributed by atoms with Crippen LogP contribution in [0.2, 0.25) is 0 Å². The normalized spacial score (nSPS) is 11.3. The van der Waals surface area contributed by atoms with Gasteiger partial charge in [-0.2, -0.15) is 0 Å². The number of aliphatic hydroxyl groups excluding tert-OH is 1. The van der Waals surface area contributed by atoms with Crippen molar-refractivity contribution in [2.75, 3.05) is 11.3 Å². The van der Waals surface area contributed by atoms with Crippen LogP contribution in [0.3, 0.4) is 0 Å². The average Bonchev–Trinajstić information content (AvgIpc) is 2.45. The summed E-state index contributed by atoms with van der Waals surface area (Å²) in [5, 5.41) is 8.76. The number of aryl methyl sites for hydroxylation is 1. The van der Waals surface area contributed by atoms with E-state index in [9.17, 15) is 12.8 Å². The second-order valence-corrected chi connectivity index (χ2v) is 6.27. The number of aliphatic hydroxyl groups is 1. The zero-order chi connectivity index (χ0) is 15.3. The third-order valence-electron chi connectivity index (χ3n) is 2.93. The van der Waals surface area contributed by atoms with E-state index in [2.05, 4.69) is 4.72 Å². The first-order valence-electron chi connectivity index (χ1n) is 6.49. The third-order valence-corrected chi connectivity index (χ3v) is 4.33. The molecule has 0 aliphatic heterocycles. The minimum atomic E-state index is -3.73. The van der Waals surface area contributed by atoms with Crippen molar-refractivity contribution in [3.63, 3.8) is 0 Å². The molecule has 0 saturated carbocycles. The number of hydrogen-bond acceptors (Lipinski definition) is 3. The molecule has 0 heterocycles. The molecule has 0 aliphatic carbocycles. The number of benzene rings is 2. The molecule has 0 aliphatic rings. The highest BCUT2D eigenvalue weighted by Crippen LogP contribution is 2.17. The Bertz CT molecular complexity index is 699. The van der Waals surface area contributed by atoms with Crippen molar-refractivity contribution < 1.29 is 17.9 Å². The molecule has 2 rings (SSSR count). The van der Waals surface area contributed by atoms with Crippen molar-refractivity contribution in [1.82, 2.24) is 0 Å². The lowest BCUT2D eigenvalue weighted by Gasteiger charge is -2.09. The fraction of sp³-hybridized carbons (Fsp3) is 0.200. The molecule has 0 unspecified atom stereocenters. The quantitative estimate of drug-likeness (QED) is 0.862. The van der Waals surface area contributed by atoms with E-state index in [1.165, 1.54) is 30.3 Å². The Kier molecular flexibility index (Phi) is 4.93. The van der Waals surface area contributed by atoms with Crippen LogP contribution in [-0.4, -0.2) is 20.1 Å². The molecular formula is C15H16FNO3S. The van der Waals surface area contributed by atoms with Crippen LogP contribution in [0.5, 0.6) is 0 Å². The Morgan fingerprint density at radius 2 is 1.81 bits per heavy atom. The Labute approximate surface area is 123 Å². The predicted molar refractivity (Wildman–Crippen MR) is 79.1 cm³/mol. The van der Waals surface area contributed by atoms with Gasteiger partial charge in [-0.3, -0.25) is 4.72 Å². The Morgan fingerprint density at radius 3 is 2.43 bits per heavy atom. The zero-order valence-electron chi connectivity index (χ0n) is 11.3. The van der Waals surface area contributed by atoms with Gasteiger partial charge in [-0.25, -0.2) is 12.8 Å². The lowest BCUT2D eigenvalue weighted by Crippen LogP contribution is -2.13. The maximum Gasteiger partial charge on any atom is 0.261 e. The van der Waals surface area contributed by atoms with E-state index in [1.807, 2.05) is 0 Å². The number of anilines is 1. The van der Waals surface area contributed by atoms with Gasteiger partial charge in [0.25, 0.3) is 10.0 Å². The van der Waals surface area contributed by atoms with E-state index in [0.29, 0.717) is 12.8 Å². The van der Waals surface area contributed by atoms with Crippen molar-refractivity contribution in [2.45, 2.75) is 17.7 Å². The minimum Gasteiger partial charge on any atom is -0.396 e. The smallest absolute Gasteiger partial charge is 0.261 e. The largest absolute Gasteiger partial charge is 0.396 e. The van der Waals surface area contributed by atoms with Crippen molar-refractivity contribution in [3.05, 3.63) is 59.9 Å². The Morgan fingerprint density at radius 1 is 1.10 bits per heavy atom. The Hall–Kier alpha value is -1.92. The van der Waals surface area contributed by atoms with Crippen molar-refractivity contribution >= 4 is 15.7 Å². The SMILES string of the molecule is O=S(=O)(Nc1cccc(F)c1)c1ccc(CCCO)cc1. The van der Waals surface area contributed by atoms with Crippen molar-refractivity contribution in [3.8, 4) is 0 Å². The fourth-order valence-electron chi connectivity index (χ4n) is 1.88. The van der Waals surface area contributed by atoms with Gasteiger partial charge in [0, 0.05) is 6.61 Å². The molecule has 0 fully saturated rings. The van der Waals surface area contributed by atoms with Gasteiger partial charge in [-0.1, -0.05) is 18.2 Å². The summed E-state index contributed by atoms with van der Waals surface area (Å²) in [4.78, 5) is 0.111. The van der Waals surface area contributed by atoms with Gasteiger partial charge in [0.15, 0.2) is 0 Å². The van der Waals surface area contributed by atoms with Crippen LogP contribution < -0.4 is 4.72 Å². The van der Waals surface area contributed by atoms with E-state index in [-0.39, 0.29) is 17.2 Å². The maximum absolute atomic E-state index is 13.1. The van der Waals surface area contributed by atoms with E-state index in [1.54, 1.807) is 12.1 Å². The van der Waals surface area contributed by atoms with Gasteiger partial charge in [0.1, 0.15) is 5.82 Å². The van der Waals surface area contributed by atoms with E-state index in [0.717, 1.165) is 11.6 Å². The van der Waals surface area contributed by atoms with Crippen molar-refractivity contribution in [1.29, 1.82) is 0 Å². The van der Waals surface area contributed by atoms with Crippen molar-refractivity contribution in [2.24, 2.45) is 0 Å². The lowest BCUT2D eigenvalue weighted by molar-refractivity contribution is 0.288. The van der Waals surface area contributed by atoms with Crippen LogP contribution >= 0.6 is 0 Å². The van der Waals surface area contributed by atoms with Crippen LogP contribution in [0, 0.1) is 5.82 Å². The molecular weight excluding hydrogens is 293 g/mol. The summed E-state index contributed by atoms with van der Waals surface area (Å²) in [6.07, 6.45) is 1.32. The summed E-state index contributed by atoms with van der Waals surface area (Å²) in [6, 6.07) is 11.7. The van der Waals surface area contributed by atoms with Gasteiger partial charge >= 0.3 is 0 Å². The van der Waals surface area contributed by atoms with Gasteiger partial charge in [-0.05, 0) is 48.7 Å². The van der Waals surface area contributed by atoms with Gasteiger partial charge < -0.3 is 5.11 Å². The lowest BCUT2D eigenvalue weighted by atomic mass is 10.1. The standard InChI is InChI=1S/C15H16FNO3S/c16-13-4-1-5-14(11-13)17-21(19,20)15-8-6-12(7-9-15)3-2-10-18/h1,4-9,11,17-18H,2-3,10H2. The van der Waals surface area contributed by atoms with Gasteiger partial charge in [0.05, 0.1) is 10.6 Å². The molecule has 2 N–H and O–H groups in total. The first-order valence-corrected chi connectivity index (χ1v) is 7.98. The molecule has 0 spiro atoms. The topological polar surface area (TPSA) is 66.4 Å².